The van der Waals surface area contributed by atoms with E-state index in [0.717, 1.165) is 43.6 Å². The Labute approximate surface area is 160 Å². The van der Waals surface area contributed by atoms with Crippen molar-refractivity contribution in [1.82, 2.24) is 14.9 Å². The van der Waals surface area contributed by atoms with Crippen LogP contribution in [-0.4, -0.2) is 46.6 Å². The van der Waals surface area contributed by atoms with Gasteiger partial charge in [0.1, 0.15) is 6.10 Å². The molecule has 0 radical (unpaired) electrons. The predicted octanol–water partition coefficient (Wildman–Crippen LogP) is 3.41. The van der Waals surface area contributed by atoms with E-state index in [9.17, 15) is 4.79 Å². The molecule has 1 amide bonds. The van der Waals surface area contributed by atoms with E-state index in [1.807, 2.05) is 23.1 Å². The first-order valence-electron chi connectivity index (χ1n) is 9.76. The first-order valence-corrected chi connectivity index (χ1v) is 9.76. The van der Waals surface area contributed by atoms with Crippen LogP contribution in [0.3, 0.4) is 0 Å². The molecule has 4 rings (SSSR count). The lowest BCUT2D eigenvalue weighted by Gasteiger charge is -2.33. The van der Waals surface area contributed by atoms with Gasteiger partial charge in [-0.15, -0.1) is 0 Å². The summed E-state index contributed by atoms with van der Waals surface area (Å²) in [6, 6.07) is 10.1. The number of aryl methyl sites for hydroxylation is 1. The molecule has 6 heteroatoms. The van der Waals surface area contributed by atoms with Crippen LogP contribution >= 0.6 is 0 Å². The zero-order valence-corrected chi connectivity index (χ0v) is 15.7. The molecule has 0 aliphatic carbocycles. The van der Waals surface area contributed by atoms with Gasteiger partial charge in [0, 0.05) is 37.5 Å². The van der Waals surface area contributed by atoms with Crippen LogP contribution in [0.25, 0.3) is 0 Å². The van der Waals surface area contributed by atoms with Gasteiger partial charge in [-0.05, 0) is 56.4 Å². The highest BCUT2D eigenvalue weighted by Gasteiger charge is 2.32. The highest BCUT2D eigenvalue weighted by molar-refractivity contribution is 5.81. The molecular formula is C21H26N4O2. The quantitative estimate of drug-likeness (QED) is 0.898. The minimum Gasteiger partial charge on any atom is -0.368 e. The zero-order valence-electron chi connectivity index (χ0n) is 15.7. The minimum atomic E-state index is -0.243. The molecule has 1 aromatic carbocycles. The Hall–Kier alpha value is -2.47. The second-order valence-corrected chi connectivity index (χ2v) is 7.42. The Bertz CT molecular complexity index is 804. The van der Waals surface area contributed by atoms with E-state index in [-0.39, 0.29) is 17.9 Å². The van der Waals surface area contributed by atoms with E-state index < -0.39 is 0 Å². The number of rotatable bonds is 4. The number of likely N-dealkylation sites (tertiary alicyclic amines) is 1. The van der Waals surface area contributed by atoms with Gasteiger partial charge in [-0.2, -0.15) is 0 Å². The van der Waals surface area contributed by atoms with Gasteiger partial charge in [0.15, 0.2) is 0 Å². The molecule has 142 valence electrons. The van der Waals surface area contributed by atoms with Crippen molar-refractivity contribution in [2.24, 2.45) is 0 Å². The SMILES string of the molecule is Cc1cccc(Nc2nccc([C@H]3CCCN(C(=O)[C@H]4CCCO4)C3)n2)c1. The van der Waals surface area contributed by atoms with Crippen LogP contribution in [0, 0.1) is 6.92 Å². The van der Waals surface area contributed by atoms with Crippen LogP contribution in [-0.2, 0) is 9.53 Å². The van der Waals surface area contributed by atoms with E-state index in [1.54, 1.807) is 6.20 Å². The molecule has 0 spiro atoms. The summed E-state index contributed by atoms with van der Waals surface area (Å²) in [7, 11) is 0. The average Bonchev–Trinajstić information content (AvgIpc) is 3.23. The Kier molecular flexibility index (Phi) is 5.34. The molecule has 2 saturated heterocycles. The monoisotopic (exact) mass is 366 g/mol. The Morgan fingerprint density at radius 3 is 3.00 bits per heavy atom. The lowest BCUT2D eigenvalue weighted by Crippen LogP contribution is -2.44. The zero-order chi connectivity index (χ0) is 18.6. The third-order valence-corrected chi connectivity index (χ3v) is 5.31. The summed E-state index contributed by atoms with van der Waals surface area (Å²) in [5.74, 6) is 0.982. The highest BCUT2D eigenvalue weighted by atomic mass is 16.5. The molecule has 2 fully saturated rings. The summed E-state index contributed by atoms with van der Waals surface area (Å²) >= 11 is 0. The van der Waals surface area contributed by atoms with Crippen molar-refractivity contribution in [2.75, 3.05) is 25.0 Å². The summed E-state index contributed by atoms with van der Waals surface area (Å²) in [6.45, 7) is 4.28. The van der Waals surface area contributed by atoms with Crippen LogP contribution < -0.4 is 5.32 Å². The minimum absolute atomic E-state index is 0.143. The number of piperidine rings is 1. The predicted molar refractivity (Wildman–Crippen MR) is 104 cm³/mol. The maximum atomic E-state index is 12.7. The second kappa shape index (κ2) is 8.05. The summed E-state index contributed by atoms with van der Waals surface area (Å²) in [5.41, 5.74) is 3.16. The molecule has 2 aliphatic heterocycles. The van der Waals surface area contributed by atoms with Gasteiger partial charge in [0.25, 0.3) is 5.91 Å². The average molecular weight is 366 g/mol. The number of nitrogens with zero attached hydrogens (tertiary/aromatic N) is 3. The number of hydrogen-bond donors (Lipinski definition) is 1. The number of hydrogen-bond acceptors (Lipinski definition) is 5. The van der Waals surface area contributed by atoms with Crippen LogP contribution in [0.2, 0.25) is 0 Å². The number of aromatic nitrogens is 2. The van der Waals surface area contributed by atoms with Crippen molar-refractivity contribution in [3.05, 3.63) is 47.8 Å². The fourth-order valence-corrected chi connectivity index (χ4v) is 3.91. The van der Waals surface area contributed by atoms with Crippen LogP contribution in [0.4, 0.5) is 11.6 Å². The first kappa shape index (κ1) is 17.9. The van der Waals surface area contributed by atoms with E-state index >= 15 is 0 Å². The molecule has 2 aliphatic rings. The van der Waals surface area contributed by atoms with Gasteiger partial charge in [0.05, 0.1) is 5.69 Å². The standard InChI is InChI=1S/C21H26N4O2/c1-15-5-2-7-17(13-15)23-21-22-10-9-18(24-21)16-6-3-11-25(14-16)20(26)19-8-4-12-27-19/h2,5,7,9-10,13,16,19H,3-4,6,8,11-12,14H2,1H3,(H,22,23,24)/t16-,19+/m0/s1. The Morgan fingerprint density at radius 2 is 2.19 bits per heavy atom. The van der Waals surface area contributed by atoms with Crippen LogP contribution in [0.15, 0.2) is 36.5 Å². The van der Waals surface area contributed by atoms with Crippen LogP contribution in [0.5, 0.6) is 0 Å². The Morgan fingerprint density at radius 1 is 1.26 bits per heavy atom. The van der Waals surface area contributed by atoms with Gasteiger partial charge >= 0.3 is 0 Å². The molecular weight excluding hydrogens is 340 g/mol. The van der Waals surface area contributed by atoms with Gasteiger partial charge < -0.3 is 15.0 Å². The largest absolute Gasteiger partial charge is 0.368 e. The first-order chi connectivity index (χ1) is 13.2. The summed E-state index contributed by atoms with van der Waals surface area (Å²) < 4.78 is 5.58. The van der Waals surface area contributed by atoms with Crippen molar-refractivity contribution in [2.45, 2.75) is 44.6 Å². The maximum absolute atomic E-state index is 12.7. The molecule has 1 aromatic heterocycles. The fourth-order valence-electron chi connectivity index (χ4n) is 3.91. The molecule has 6 nitrogen and oxygen atoms in total. The van der Waals surface area contributed by atoms with Crippen LogP contribution in [0.1, 0.15) is 42.9 Å². The van der Waals surface area contributed by atoms with Gasteiger partial charge in [0.2, 0.25) is 5.95 Å². The van der Waals surface area contributed by atoms with Crippen molar-refractivity contribution >= 4 is 17.5 Å². The number of anilines is 2. The van der Waals surface area contributed by atoms with Crippen molar-refractivity contribution < 1.29 is 9.53 Å². The number of nitrogens with one attached hydrogen (secondary N) is 1. The molecule has 0 saturated carbocycles. The third-order valence-electron chi connectivity index (χ3n) is 5.31. The molecule has 1 N–H and O–H groups in total. The number of amides is 1. The molecule has 2 atom stereocenters. The summed E-state index contributed by atoms with van der Waals surface area (Å²) in [5, 5.41) is 3.28. The summed E-state index contributed by atoms with van der Waals surface area (Å²) in [6.07, 6.45) is 5.41. The number of carbonyl (C=O) groups is 1. The van der Waals surface area contributed by atoms with Gasteiger partial charge in [-0.1, -0.05) is 12.1 Å². The molecule has 3 heterocycles. The molecule has 27 heavy (non-hydrogen) atoms. The number of ether oxygens (including phenoxy) is 1. The molecule has 0 bridgehead atoms. The van der Waals surface area contributed by atoms with E-state index in [4.69, 9.17) is 9.72 Å². The molecule has 0 unspecified atom stereocenters. The van der Waals surface area contributed by atoms with E-state index in [1.165, 1.54) is 5.56 Å². The van der Waals surface area contributed by atoms with Crippen molar-refractivity contribution in [3.63, 3.8) is 0 Å². The van der Waals surface area contributed by atoms with E-state index in [2.05, 4.69) is 29.4 Å². The van der Waals surface area contributed by atoms with Gasteiger partial charge in [-0.25, -0.2) is 9.97 Å². The van der Waals surface area contributed by atoms with Crippen molar-refractivity contribution in [1.29, 1.82) is 0 Å². The maximum Gasteiger partial charge on any atom is 0.251 e. The lowest BCUT2D eigenvalue weighted by atomic mass is 9.94. The van der Waals surface area contributed by atoms with Gasteiger partial charge in [-0.3, -0.25) is 4.79 Å². The van der Waals surface area contributed by atoms with Crippen molar-refractivity contribution in [3.8, 4) is 0 Å². The number of benzene rings is 1. The normalized spacial score (nSPS) is 22.6. The molecule has 2 aromatic rings. The fraction of sp³-hybridized carbons (Fsp3) is 0.476. The number of carbonyl (C=O) groups excluding carboxylic acids is 1. The highest BCUT2D eigenvalue weighted by Crippen LogP contribution is 2.28. The topological polar surface area (TPSA) is 67.4 Å². The Balaban J connectivity index is 1.45. The summed E-state index contributed by atoms with van der Waals surface area (Å²) in [4.78, 5) is 23.7. The lowest BCUT2D eigenvalue weighted by molar-refractivity contribution is -0.142. The third kappa shape index (κ3) is 4.27. The second-order valence-electron chi connectivity index (χ2n) is 7.42. The van der Waals surface area contributed by atoms with E-state index in [0.29, 0.717) is 19.1 Å². The smallest absolute Gasteiger partial charge is 0.251 e.